The van der Waals surface area contributed by atoms with Crippen molar-refractivity contribution in [1.82, 2.24) is 9.55 Å². The van der Waals surface area contributed by atoms with Crippen LogP contribution in [0.5, 0.6) is 5.88 Å². The van der Waals surface area contributed by atoms with Crippen LogP contribution in [0.15, 0.2) is 30.5 Å². The number of nitriles is 1. The standard InChI is InChI=1S/C14H16N4O/c1-14(2,3)19-13-11(16)6-7-12(17-13)18-8-4-5-10(18)9-15/h4-8H,16H2,1-3H3. The molecule has 0 radical (unpaired) electrons. The number of nitrogens with zero attached hydrogens (tertiary/aromatic N) is 3. The second-order valence-electron chi connectivity index (χ2n) is 5.15. The van der Waals surface area contributed by atoms with E-state index in [0.29, 0.717) is 23.1 Å². The van der Waals surface area contributed by atoms with Gasteiger partial charge in [0.05, 0.1) is 5.69 Å². The average molecular weight is 256 g/mol. The predicted octanol–water partition coefficient (Wildman–Crippen LogP) is 2.50. The van der Waals surface area contributed by atoms with Crippen molar-refractivity contribution >= 4 is 5.69 Å². The van der Waals surface area contributed by atoms with Crippen LogP contribution in [0.1, 0.15) is 26.5 Å². The highest BCUT2D eigenvalue weighted by molar-refractivity contribution is 5.51. The first-order valence-electron chi connectivity index (χ1n) is 5.94. The summed E-state index contributed by atoms with van der Waals surface area (Å²) in [6, 6.07) is 9.11. The molecule has 2 N–H and O–H groups in total. The molecule has 0 fully saturated rings. The van der Waals surface area contributed by atoms with Crippen LogP contribution in [-0.4, -0.2) is 15.2 Å². The van der Waals surface area contributed by atoms with Gasteiger partial charge in [-0.1, -0.05) is 0 Å². The summed E-state index contributed by atoms with van der Waals surface area (Å²) >= 11 is 0. The van der Waals surface area contributed by atoms with E-state index >= 15 is 0 Å². The molecule has 0 aliphatic rings. The first-order chi connectivity index (χ1) is 8.90. The van der Waals surface area contributed by atoms with E-state index < -0.39 is 0 Å². The Morgan fingerprint density at radius 1 is 1.32 bits per heavy atom. The van der Waals surface area contributed by atoms with Gasteiger partial charge < -0.3 is 10.5 Å². The molecule has 0 amide bonds. The van der Waals surface area contributed by atoms with Crippen molar-refractivity contribution in [3.8, 4) is 17.8 Å². The molecule has 2 aromatic rings. The highest BCUT2D eigenvalue weighted by Gasteiger charge is 2.16. The van der Waals surface area contributed by atoms with Gasteiger partial charge in [-0.25, -0.2) is 0 Å². The lowest BCUT2D eigenvalue weighted by Gasteiger charge is -2.21. The molecule has 0 aliphatic carbocycles. The minimum Gasteiger partial charge on any atom is -0.470 e. The lowest BCUT2D eigenvalue weighted by Crippen LogP contribution is -2.24. The highest BCUT2D eigenvalue weighted by Crippen LogP contribution is 2.25. The van der Waals surface area contributed by atoms with Gasteiger partial charge in [-0.3, -0.25) is 4.57 Å². The zero-order valence-electron chi connectivity index (χ0n) is 11.2. The van der Waals surface area contributed by atoms with Crippen molar-refractivity contribution in [3.05, 3.63) is 36.2 Å². The van der Waals surface area contributed by atoms with Crippen molar-refractivity contribution < 1.29 is 4.74 Å². The maximum absolute atomic E-state index is 9.02. The molecule has 2 rings (SSSR count). The van der Waals surface area contributed by atoms with Gasteiger partial charge in [0.2, 0.25) is 5.88 Å². The SMILES string of the molecule is CC(C)(C)Oc1nc(-n2cccc2C#N)ccc1N. The molecule has 0 saturated heterocycles. The van der Waals surface area contributed by atoms with E-state index in [1.165, 1.54) is 0 Å². The van der Waals surface area contributed by atoms with Crippen LogP contribution >= 0.6 is 0 Å². The third-order valence-electron chi connectivity index (χ3n) is 2.39. The van der Waals surface area contributed by atoms with Gasteiger partial charge in [-0.2, -0.15) is 10.2 Å². The van der Waals surface area contributed by atoms with Crippen LogP contribution < -0.4 is 10.5 Å². The van der Waals surface area contributed by atoms with E-state index in [2.05, 4.69) is 11.1 Å². The van der Waals surface area contributed by atoms with Gasteiger partial charge in [0.15, 0.2) is 0 Å². The summed E-state index contributed by atoms with van der Waals surface area (Å²) in [6.07, 6.45) is 1.78. The molecule has 2 heterocycles. The molecule has 0 bridgehead atoms. The molecule has 0 atom stereocenters. The third-order valence-corrected chi connectivity index (χ3v) is 2.39. The summed E-state index contributed by atoms with van der Waals surface area (Å²) in [5.41, 5.74) is 6.47. The Balaban J connectivity index is 2.45. The molecule has 5 nitrogen and oxygen atoms in total. The van der Waals surface area contributed by atoms with Crippen LogP contribution in [0.25, 0.3) is 5.82 Å². The maximum Gasteiger partial charge on any atom is 0.239 e. The summed E-state index contributed by atoms with van der Waals surface area (Å²) in [5, 5.41) is 9.02. The Labute approximate surface area is 112 Å². The van der Waals surface area contributed by atoms with Crippen molar-refractivity contribution in [2.24, 2.45) is 0 Å². The number of rotatable bonds is 2. The average Bonchev–Trinajstić information content (AvgIpc) is 2.78. The minimum absolute atomic E-state index is 0.377. The van der Waals surface area contributed by atoms with Gasteiger partial charge in [-0.15, -0.1) is 0 Å². The fraction of sp³-hybridized carbons (Fsp3) is 0.286. The van der Waals surface area contributed by atoms with Gasteiger partial charge >= 0.3 is 0 Å². The highest BCUT2D eigenvalue weighted by atomic mass is 16.5. The number of aromatic nitrogens is 2. The summed E-state index contributed by atoms with van der Waals surface area (Å²) < 4.78 is 7.40. The lowest BCUT2D eigenvalue weighted by atomic mass is 10.2. The van der Waals surface area contributed by atoms with E-state index in [9.17, 15) is 0 Å². The Bertz CT molecular complexity index is 632. The molecule has 98 valence electrons. The fourth-order valence-corrected chi connectivity index (χ4v) is 1.62. The van der Waals surface area contributed by atoms with Crippen LogP contribution in [-0.2, 0) is 0 Å². The molecule has 0 saturated carbocycles. The van der Waals surface area contributed by atoms with E-state index in [4.69, 9.17) is 15.7 Å². The molecule has 0 aliphatic heterocycles. The second kappa shape index (κ2) is 4.65. The number of pyridine rings is 1. The van der Waals surface area contributed by atoms with Crippen LogP contribution in [0, 0.1) is 11.3 Å². The summed E-state index contributed by atoms with van der Waals surface area (Å²) in [4.78, 5) is 4.37. The first-order valence-corrected chi connectivity index (χ1v) is 5.94. The van der Waals surface area contributed by atoms with Gasteiger partial charge in [0, 0.05) is 6.20 Å². The molecule has 2 aromatic heterocycles. The molecule has 0 aromatic carbocycles. The van der Waals surface area contributed by atoms with Crippen LogP contribution in [0.4, 0.5) is 5.69 Å². The minimum atomic E-state index is -0.380. The number of nitrogens with two attached hydrogens (primary N) is 1. The van der Waals surface area contributed by atoms with Crippen molar-refractivity contribution in [3.63, 3.8) is 0 Å². The van der Waals surface area contributed by atoms with Crippen LogP contribution in [0.2, 0.25) is 0 Å². The van der Waals surface area contributed by atoms with Crippen LogP contribution in [0.3, 0.4) is 0 Å². The fourth-order valence-electron chi connectivity index (χ4n) is 1.62. The Kier molecular flexibility index (Phi) is 3.17. The third kappa shape index (κ3) is 2.86. The van der Waals surface area contributed by atoms with Crippen molar-refractivity contribution in [2.45, 2.75) is 26.4 Å². The molecule has 0 spiro atoms. The number of hydrogen-bond acceptors (Lipinski definition) is 4. The summed E-state index contributed by atoms with van der Waals surface area (Å²) in [5.74, 6) is 0.984. The number of nitrogen functional groups attached to an aromatic ring is 1. The summed E-state index contributed by atoms with van der Waals surface area (Å²) in [7, 11) is 0. The topological polar surface area (TPSA) is 76.9 Å². The Morgan fingerprint density at radius 2 is 2.05 bits per heavy atom. The molecular formula is C14H16N4O. The molecule has 0 unspecified atom stereocenters. The zero-order chi connectivity index (χ0) is 14.0. The normalized spacial score (nSPS) is 11.1. The van der Waals surface area contributed by atoms with E-state index in [1.54, 1.807) is 35.0 Å². The molecule has 19 heavy (non-hydrogen) atoms. The maximum atomic E-state index is 9.02. The van der Waals surface area contributed by atoms with E-state index in [1.807, 2.05) is 20.8 Å². The van der Waals surface area contributed by atoms with Crippen molar-refractivity contribution in [2.75, 3.05) is 5.73 Å². The van der Waals surface area contributed by atoms with Gasteiger partial charge in [-0.05, 0) is 45.0 Å². The molecule has 5 heteroatoms. The summed E-state index contributed by atoms with van der Waals surface area (Å²) in [6.45, 7) is 5.78. The number of ether oxygens (including phenoxy) is 1. The lowest BCUT2D eigenvalue weighted by molar-refractivity contribution is 0.125. The zero-order valence-corrected chi connectivity index (χ0v) is 11.2. The second-order valence-corrected chi connectivity index (χ2v) is 5.15. The Morgan fingerprint density at radius 3 is 2.68 bits per heavy atom. The van der Waals surface area contributed by atoms with Crippen molar-refractivity contribution in [1.29, 1.82) is 5.26 Å². The number of anilines is 1. The number of hydrogen-bond donors (Lipinski definition) is 1. The van der Waals surface area contributed by atoms with E-state index in [0.717, 1.165) is 0 Å². The molecular weight excluding hydrogens is 240 g/mol. The van der Waals surface area contributed by atoms with E-state index in [-0.39, 0.29) is 5.60 Å². The smallest absolute Gasteiger partial charge is 0.239 e. The Hall–Kier alpha value is -2.48. The largest absolute Gasteiger partial charge is 0.470 e. The first kappa shape index (κ1) is 13.0. The predicted molar refractivity (Wildman–Crippen MR) is 73.1 cm³/mol. The monoisotopic (exact) mass is 256 g/mol. The van der Waals surface area contributed by atoms with Gasteiger partial charge in [0.25, 0.3) is 0 Å². The quantitative estimate of drug-likeness (QED) is 0.895. The van der Waals surface area contributed by atoms with Gasteiger partial charge in [0.1, 0.15) is 23.2 Å².